The molecule has 1 fully saturated rings. The summed E-state index contributed by atoms with van der Waals surface area (Å²) < 4.78 is 0. The van der Waals surface area contributed by atoms with Gasteiger partial charge in [-0.15, -0.1) is 0 Å². The molecule has 0 unspecified atom stereocenters. The van der Waals surface area contributed by atoms with Crippen molar-refractivity contribution in [2.45, 2.75) is 33.2 Å². The lowest BCUT2D eigenvalue weighted by molar-refractivity contribution is -0.156. The van der Waals surface area contributed by atoms with Gasteiger partial charge in [-0.05, 0) is 38.3 Å². The molecule has 1 aliphatic heterocycles. The van der Waals surface area contributed by atoms with Gasteiger partial charge >= 0.3 is 0 Å². The van der Waals surface area contributed by atoms with Crippen molar-refractivity contribution in [2.24, 2.45) is 17.8 Å². The molecule has 1 heterocycles. The van der Waals surface area contributed by atoms with Crippen molar-refractivity contribution in [1.29, 1.82) is 0 Å². The van der Waals surface area contributed by atoms with Gasteiger partial charge in [0.2, 0.25) is 0 Å². The number of Topliss-reactive ketones (excluding diaryl/α,β-unsaturated/α-hetero) is 1. The van der Waals surface area contributed by atoms with Crippen LogP contribution in [0.3, 0.4) is 0 Å². The van der Waals surface area contributed by atoms with Crippen LogP contribution in [0.1, 0.15) is 46.5 Å². The number of carbonyl (C=O) groups excluding carboxylic acids is 4. The van der Waals surface area contributed by atoms with Crippen molar-refractivity contribution in [3.63, 3.8) is 0 Å². The normalized spacial score (nSPS) is 22.8. The summed E-state index contributed by atoms with van der Waals surface area (Å²) in [7, 11) is 0. The van der Waals surface area contributed by atoms with Crippen LogP contribution in [-0.4, -0.2) is 39.6 Å². The lowest BCUT2D eigenvalue weighted by atomic mass is 9.78. The summed E-state index contributed by atoms with van der Waals surface area (Å²) in [5.41, 5.74) is 1.49. The fourth-order valence-corrected chi connectivity index (χ4v) is 4.83. The molecular weight excluding hydrogens is 440 g/mol. The van der Waals surface area contributed by atoms with Crippen molar-refractivity contribution >= 4 is 35.1 Å². The molecule has 6 nitrogen and oxygen atoms in total. The third kappa shape index (κ3) is 4.00. The van der Waals surface area contributed by atoms with E-state index in [4.69, 9.17) is 11.6 Å². The molecule has 0 radical (unpaired) electrons. The summed E-state index contributed by atoms with van der Waals surface area (Å²) in [5.74, 6) is -3.25. The summed E-state index contributed by atoms with van der Waals surface area (Å²) in [5, 5.41) is 2.06. The number of benzene rings is 2. The van der Waals surface area contributed by atoms with Crippen LogP contribution in [-0.2, 0) is 9.59 Å². The zero-order valence-corrected chi connectivity index (χ0v) is 19.5. The molecule has 2 aromatic rings. The highest BCUT2D eigenvalue weighted by molar-refractivity contribution is 6.34. The minimum Gasteiger partial charge on any atom is -0.292 e. The monoisotopic (exact) mass is 464 g/mol. The number of halogens is 1. The Balaban J connectivity index is 1.78. The fourth-order valence-electron chi connectivity index (χ4n) is 4.61. The molecule has 0 bridgehead atoms. The number of amides is 3. The smallest absolute Gasteiger partial charge is 0.275 e. The number of hydrazine groups is 1. The topological polar surface area (TPSA) is 74.8 Å². The summed E-state index contributed by atoms with van der Waals surface area (Å²) in [6.07, 6.45) is 4.23. The summed E-state index contributed by atoms with van der Waals surface area (Å²) >= 11 is 6.28. The molecule has 0 spiro atoms. The van der Waals surface area contributed by atoms with Gasteiger partial charge < -0.3 is 0 Å². The minimum absolute atomic E-state index is 0.115. The van der Waals surface area contributed by atoms with Crippen molar-refractivity contribution in [1.82, 2.24) is 10.0 Å². The molecular formula is C26H25ClN2O4. The van der Waals surface area contributed by atoms with Crippen molar-refractivity contribution in [3.8, 4) is 0 Å². The maximum Gasteiger partial charge on any atom is 0.275 e. The zero-order chi connectivity index (χ0) is 23.9. The van der Waals surface area contributed by atoms with Gasteiger partial charge in [0.25, 0.3) is 17.7 Å². The Labute approximate surface area is 197 Å². The first-order chi connectivity index (χ1) is 15.7. The van der Waals surface area contributed by atoms with Crippen LogP contribution in [0.25, 0.3) is 0 Å². The van der Waals surface area contributed by atoms with E-state index < -0.39 is 35.6 Å². The molecule has 4 rings (SSSR count). The lowest BCUT2D eigenvalue weighted by Crippen LogP contribution is -2.56. The zero-order valence-electron chi connectivity index (χ0n) is 18.7. The second-order valence-corrected chi connectivity index (χ2v) is 9.09. The highest BCUT2D eigenvalue weighted by Crippen LogP contribution is 2.40. The molecule has 7 heteroatoms. The van der Waals surface area contributed by atoms with Crippen LogP contribution in [0.5, 0.6) is 0 Å². The maximum atomic E-state index is 13.7. The number of ketones is 1. The average Bonchev–Trinajstić information content (AvgIpc) is 3.05. The molecule has 0 aromatic heterocycles. The van der Waals surface area contributed by atoms with Gasteiger partial charge in [0, 0.05) is 5.56 Å². The number of carbonyl (C=O) groups is 4. The van der Waals surface area contributed by atoms with E-state index >= 15 is 0 Å². The molecule has 0 N–H and O–H groups in total. The van der Waals surface area contributed by atoms with E-state index in [1.54, 1.807) is 42.5 Å². The molecule has 33 heavy (non-hydrogen) atoms. The van der Waals surface area contributed by atoms with Crippen molar-refractivity contribution in [3.05, 3.63) is 82.4 Å². The van der Waals surface area contributed by atoms with E-state index in [0.29, 0.717) is 12.0 Å². The van der Waals surface area contributed by atoms with Crippen LogP contribution in [0.2, 0.25) is 5.02 Å². The fraction of sp³-hybridized carbons (Fsp3) is 0.308. The van der Waals surface area contributed by atoms with Gasteiger partial charge in [-0.2, -0.15) is 5.01 Å². The van der Waals surface area contributed by atoms with Gasteiger partial charge in [0.05, 0.1) is 22.4 Å². The second kappa shape index (κ2) is 8.94. The highest BCUT2D eigenvalue weighted by Gasteiger charge is 2.54. The lowest BCUT2D eigenvalue weighted by Gasteiger charge is -2.35. The molecule has 3 amide bonds. The van der Waals surface area contributed by atoms with E-state index in [1.807, 2.05) is 26.0 Å². The Hall–Kier alpha value is -3.25. The Bertz CT molecular complexity index is 1160. The Morgan fingerprint density at radius 2 is 1.73 bits per heavy atom. The van der Waals surface area contributed by atoms with Crippen LogP contribution in [0.15, 0.2) is 60.7 Å². The summed E-state index contributed by atoms with van der Waals surface area (Å²) in [6, 6.07) is 12.2. The molecule has 2 aromatic carbocycles. The standard InChI is InChI=1S/C26H25ClN2O4/c1-15-11-13-18(14-12-15)23(30)17(3)28(24(31)19-8-4-5-10-21(19)27)29-25(32)20-9-6-7-16(2)22(20)26(29)33/h4-8,10-14,16-17,20,22H,9H2,1-3H3/t16-,17-,20+,22+/m0/s1. The molecule has 2 aliphatic rings. The average molecular weight is 465 g/mol. The number of aryl methyl sites for hydroxylation is 1. The third-order valence-corrected chi connectivity index (χ3v) is 6.79. The molecule has 4 atom stereocenters. The van der Waals surface area contributed by atoms with Crippen molar-refractivity contribution < 1.29 is 19.2 Å². The van der Waals surface area contributed by atoms with E-state index in [-0.39, 0.29) is 22.3 Å². The largest absolute Gasteiger partial charge is 0.292 e. The summed E-state index contributed by atoms with van der Waals surface area (Å²) in [6.45, 7) is 5.31. The highest BCUT2D eigenvalue weighted by atomic mass is 35.5. The van der Waals surface area contributed by atoms with Crippen molar-refractivity contribution in [2.75, 3.05) is 0 Å². The van der Waals surface area contributed by atoms with E-state index in [1.165, 1.54) is 13.0 Å². The van der Waals surface area contributed by atoms with Crippen LogP contribution in [0.4, 0.5) is 0 Å². The number of fused-ring (bicyclic) bond motifs is 1. The van der Waals surface area contributed by atoms with Gasteiger partial charge in [-0.1, -0.05) is 72.6 Å². The Kier molecular flexibility index (Phi) is 6.21. The van der Waals surface area contributed by atoms with E-state index in [0.717, 1.165) is 15.6 Å². The van der Waals surface area contributed by atoms with E-state index in [9.17, 15) is 19.2 Å². The molecule has 1 saturated heterocycles. The molecule has 1 aliphatic carbocycles. The summed E-state index contributed by atoms with van der Waals surface area (Å²) in [4.78, 5) is 53.9. The van der Waals surface area contributed by atoms with Gasteiger partial charge in [-0.3, -0.25) is 19.2 Å². The van der Waals surface area contributed by atoms with Crippen LogP contribution in [0, 0.1) is 24.7 Å². The van der Waals surface area contributed by atoms with Crippen LogP contribution >= 0.6 is 11.6 Å². The number of hydrogen-bond acceptors (Lipinski definition) is 4. The number of nitrogens with zero attached hydrogens (tertiary/aromatic N) is 2. The predicted octanol–water partition coefficient (Wildman–Crippen LogP) is 4.47. The first-order valence-electron chi connectivity index (χ1n) is 11.0. The molecule has 0 saturated carbocycles. The third-order valence-electron chi connectivity index (χ3n) is 6.46. The predicted molar refractivity (Wildman–Crippen MR) is 124 cm³/mol. The van der Waals surface area contributed by atoms with Gasteiger partial charge in [0.1, 0.15) is 6.04 Å². The maximum absolute atomic E-state index is 13.7. The number of allylic oxidation sites excluding steroid dienone is 2. The Morgan fingerprint density at radius 1 is 1.06 bits per heavy atom. The van der Waals surface area contributed by atoms with Gasteiger partial charge in [0.15, 0.2) is 5.78 Å². The quantitative estimate of drug-likeness (QED) is 0.371. The number of imide groups is 1. The minimum atomic E-state index is -1.10. The van der Waals surface area contributed by atoms with E-state index in [2.05, 4.69) is 0 Å². The molecule has 170 valence electrons. The Morgan fingerprint density at radius 3 is 2.36 bits per heavy atom. The van der Waals surface area contributed by atoms with Crippen LogP contribution < -0.4 is 0 Å². The number of rotatable bonds is 5. The van der Waals surface area contributed by atoms with Gasteiger partial charge in [-0.25, -0.2) is 5.01 Å². The first-order valence-corrected chi connectivity index (χ1v) is 11.3. The number of hydrogen-bond donors (Lipinski definition) is 0. The first kappa shape index (κ1) is 22.9. The second-order valence-electron chi connectivity index (χ2n) is 8.68. The SMILES string of the molecule is Cc1ccc(C(=O)[C@H](C)N(C(=O)c2ccccc2Cl)N2C(=O)[C@@H]3[C@@H](C)C=CC[C@H]3C2=O)cc1.